The van der Waals surface area contributed by atoms with Crippen LogP contribution >= 0.6 is 11.8 Å². The van der Waals surface area contributed by atoms with E-state index >= 15 is 0 Å². The summed E-state index contributed by atoms with van der Waals surface area (Å²) in [6.45, 7) is 5.66. The summed E-state index contributed by atoms with van der Waals surface area (Å²) in [5.41, 5.74) is 0. The fourth-order valence-electron chi connectivity index (χ4n) is 1.03. The van der Waals surface area contributed by atoms with Gasteiger partial charge in [0.1, 0.15) is 0 Å². The van der Waals surface area contributed by atoms with Gasteiger partial charge in [-0.1, -0.05) is 16.9 Å². The van der Waals surface area contributed by atoms with Crippen LogP contribution in [0.1, 0.15) is 31.5 Å². The molecule has 7 nitrogen and oxygen atoms in total. The molecule has 0 saturated carbocycles. The maximum Gasteiger partial charge on any atom is 0.396 e. The average molecular weight is 273 g/mol. The maximum absolute atomic E-state index is 11.4. The number of aromatic nitrogens is 2. The highest BCUT2D eigenvalue weighted by molar-refractivity contribution is 7.99. The van der Waals surface area contributed by atoms with Crippen LogP contribution in [0, 0.1) is 0 Å². The first-order chi connectivity index (χ1) is 8.52. The molecule has 0 radical (unpaired) electrons. The summed E-state index contributed by atoms with van der Waals surface area (Å²) in [5, 5.41) is 10.1. The molecule has 0 aliphatic rings. The minimum atomic E-state index is -0.663. The Morgan fingerprint density at radius 2 is 2.17 bits per heavy atom. The van der Waals surface area contributed by atoms with E-state index in [1.807, 2.05) is 13.8 Å². The van der Waals surface area contributed by atoms with Crippen LogP contribution in [0.4, 0.5) is 0 Å². The Balaban J connectivity index is 2.44. The highest BCUT2D eigenvalue weighted by Gasteiger charge is 2.16. The Morgan fingerprint density at radius 3 is 2.78 bits per heavy atom. The van der Waals surface area contributed by atoms with E-state index in [1.54, 1.807) is 6.92 Å². The van der Waals surface area contributed by atoms with Crippen molar-refractivity contribution in [3.63, 3.8) is 0 Å². The van der Waals surface area contributed by atoms with Crippen LogP contribution in [0.25, 0.3) is 0 Å². The van der Waals surface area contributed by atoms with Crippen LogP contribution in [0.15, 0.2) is 9.64 Å². The molecule has 0 aliphatic carbocycles. The molecule has 18 heavy (non-hydrogen) atoms. The van der Waals surface area contributed by atoms with Gasteiger partial charge in [-0.25, -0.2) is 4.79 Å². The number of nitrogens with zero attached hydrogens (tertiary/aromatic N) is 2. The predicted molar refractivity (Wildman–Crippen MR) is 64.3 cm³/mol. The lowest BCUT2D eigenvalue weighted by Crippen LogP contribution is -2.31. The third-order valence-electron chi connectivity index (χ3n) is 1.63. The Bertz CT molecular complexity index is 419. The second-order valence-electron chi connectivity index (χ2n) is 3.60. The SMILES string of the molecule is CCOC(=O)c1nnc(SCC(=O)NC(C)C)o1. The van der Waals surface area contributed by atoms with Crippen LogP contribution in [-0.2, 0) is 9.53 Å². The molecule has 1 amide bonds. The number of thioether (sulfide) groups is 1. The fourth-order valence-corrected chi connectivity index (χ4v) is 1.61. The summed E-state index contributed by atoms with van der Waals surface area (Å²) in [6.07, 6.45) is 0. The Labute approximate surface area is 109 Å². The zero-order chi connectivity index (χ0) is 13.5. The van der Waals surface area contributed by atoms with Gasteiger partial charge in [-0.2, -0.15) is 0 Å². The molecule has 1 aromatic heterocycles. The first-order valence-electron chi connectivity index (χ1n) is 5.45. The zero-order valence-electron chi connectivity index (χ0n) is 10.4. The highest BCUT2D eigenvalue weighted by Crippen LogP contribution is 2.16. The molecule has 0 unspecified atom stereocenters. The number of carbonyl (C=O) groups excluding carboxylic acids is 2. The van der Waals surface area contributed by atoms with Crippen molar-refractivity contribution in [1.82, 2.24) is 15.5 Å². The van der Waals surface area contributed by atoms with E-state index in [4.69, 9.17) is 9.15 Å². The molecule has 8 heteroatoms. The molecular formula is C10H15N3O4S. The van der Waals surface area contributed by atoms with Crippen LogP contribution in [-0.4, -0.2) is 40.5 Å². The lowest BCUT2D eigenvalue weighted by Gasteiger charge is -2.06. The van der Waals surface area contributed by atoms with Gasteiger partial charge in [-0.05, 0) is 20.8 Å². The quantitative estimate of drug-likeness (QED) is 0.606. The number of esters is 1. The fraction of sp³-hybridized carbons (Fsp3) is 0.600. The van der Waals surface area contributed by atoms with E-state index in [0.717, 1.165) is 11.8 Å². The predicted octanol–water partition coefficient (Wildman–Crippen LogP) is 0.863. The number of carbonyl (C=O) groups is 2. The van der Waals surface area contributed by atoms with Crippen LogP contribution in [0.2, 0.25) is 0 Å². The van der Waals surface area contributed by atoms with Crippen molar-refractivity contribution in [2.45, 2.75) is 32.0 Å². The van der Waals surface area contributed by atoms with Gasteiger partial charge in [0.15, 0.2) is 0 Å². The third-order valence-corrected chi connectivity index (χ3v) is 2.45. The summed E-state index contributed by atoms with van der Waals surface area (Å²) in [7, 11) is 0. The smallest absolute Gasteiger partial charge is 0.396 e. The zero-order valence-corrected chi connectivity index (χ0v) is 11.2. The number of rotatable bonds is 6. The number of hydrogen-bond acceptors (Lipinski definition) is 7. The Hall–Kier alpha value is -1.57. The maximum atomic E-state index is 11.4. The molecular weight excluding hydrogens is 258 g/mol. The molecule has 0 aromatic carbocycles. The van der Waals surface area contributed by atoms with Gasteiger partial charge in [-0.3, -0.25) is 4.79 Å². The molecule has 0 atom stereocenters. The van der Waals surface area contributed by atoms with E-state index in [9.17, 15) is 9.59 Å². The normalized spacial score (nSPS) is 10.4. The molecule has 1 N–H and O–H groups in total. The second-order valence-corrected chi connectivity index (χ2v) is 4.53. The van der Waals surface area contributed by atoms with Crippen molar-refractivity contribution in [2.24, 2.45) is 0 Å². The minimum Gasteiger partial charge on any atom is -0.459 e. The van der Waals surface area contributed by atoms with E-state index in [-0.39, 0.29) is 35.4 Å². The van der Waals surface area contributed by atoms with Gasteiger partial charge in [-0.15, -0.1) is 5.10 Å². The van der Waals surface area contributed by atoms with Crippen molar-refractivity contribution in [1.29, 1.82) is 0 Å². The Kier molecular flexibility index (Phi) is 5.63. The molecule has 1 aromatic rings. The topological polar surface area (TPSA) is 94.3 Å². The van der Waals surface area contributed by atoms with E-state index in [2.05, 4.69) is 15.5 Å². The molecule has 1 heterocycles. The third kappa shape index (κ3) is 4.74. The monoisotopic (exact) mass is 273 g/mol. The summed E-state index contributed by atoms with van der Waals surface area (Å²) in [5.74, 6) is -0.846. The number of nitrogens with one attached hydrogen (secondary N) is 1. The highest BCUT2D eigenvalue weighted by atomic mass is 32.2. The molecule has 0 saturated heterocycles. The standard InChI is InChI=1S/C10H15N3O4S/c1-4-16-9(15)8-12-13-10(17-8)18-5-7(14)11-6(2)3/h6H,4-5H2,1-3H3,(H,11,14). The minimum absolute atomic E-state index is 0.0795. The first-order valence-corrected chi connectivity index (χ1v) is 6.44. The largest absolute Gasteiger partial charge is 0.459 e. The molecule has 100 valence electrons. The van der Waals surface area contributed by atoms with E-state index in [0.29, 0.717) is 0 Å². The Morgan fingerprint density at radius 1 is 1.44 bits per heavy atom. The summed E-state index contributed by atoms with van der Waals surface area (Å²) in [6, 6.07) is 0.0795. The number of hydrogen-bond donors (Lipinski definition) is 1. The molecule has 0 fully saturated rings. The average Bonchev–Trinajstić information content (AvgIpc) is 2.74. The van der Waals surface area contributed by atoms with Crippen molar-refractivity contribution in [3.05, 3.63) is 5.89 Å². The molecule has 0 spiro atoms. The van der Waals surface area contributed by atoms with Gasteiger partial charge in [0.25, 0.3) is 5.22 Å². The van der Waals surface area contributed by atoms with Gasteiger partial charge < -0.3 is 14.5 Å². The van der Waals surface area contributed by atoms with Crippen LogP contribution in [0.5, 0.6) is 0 Å². The summed E-state index contributed by atoms with van der Waals surface area (Å²) in [4.78, 5) is 22.6. The molecule has 1 rings (SSSR count). The summed E-state index contributed by atoms with van der Waals surface area (Å²) < 4.78 is 9.74. The van der Waals surface area contributed by atoms with Gasteiger partial charge in [0.2, 0.25) is 5.91 Å². The van der Waals surface area contributed by atoms with Crippen molar-refractivity contribution >= 4 is 23.6 Å². The van der Waals surface area contributed by atoms with Gasteiger partial charge >= 0.3 is 11.9 Å². The molecule has 0 bridgehead atoms. The number of ether oxygens (including phenoxy) is 1. The summed E-state index contributed by atoms with van der Waals surface area (Å²) >= 11 is 1.07. The lowest BCUT2D eigenvalue weighted by molar-refractivity contribution is -0.119. The van der Waals surface area contributed by atoms with Crippen LogP contribution in [0.3, 0.4) is 0 Å². The second kappa shape index (κ2) is 7.00. The van der Waals surface area contributed by atoms with Crippen molar-refractivity contribution in [3.8, 4) is 0 Å². The molecule has 0 aliphatic heterocycles. The van der Waals surface area contributed by atoms with Crippen LogP contribution < -0.4 is 5.32 Å². The lowest BCUT2D eigenvalue weighted by atomic mass is 10.4. The van der Waals surface area contributed by atoms with Gasteiger partial charge in [0, 0.05) is 6.04 Å². The number of amides is 1. The van der Waals surface area contributed by atoms with Gasteiger partial charge in [0.05, 0.1) is 12.4 Å². The van der Waals surface area contributed by atoms with E-state index < -0.39 is 5.97 Å². The first kappa shape index (κ1) is 14.5. The van der Waals surface area contributed by atoms with E-state index in [1.165, 1.54) is 0 Å². The van der Waals surface area contributed by atoms with Crippen molar-refractivity contribution in [2.75, 3.05) is 12.4 Å². The van der Waals surface area contributed by atoms with Crippen molar-refractivity contribution < 1.29 is 18.7 Å².